The average molecular weight is 601 g/mol. The number of ether oxygens (including phenoxy) is 2. The van der Waals surface area contributed by atoms with Crippen molar-refractivity contribution in [1.29, 1.82) is 5.26 Å². The molecule has 2 N–H and O–H groups in total. The molecule has 204 valence electrons. The molecule has 1 unspecified atom stereocenters. The standard InChI is InChI=1S/C27H21Cl3FN7O2/c28-19-1-2-21(24(31)23(19)30)35-25-15(9-32)10-33-27-18(25)7-16(8-20(27)29)34-26(14-3-5-39-6-4-14)22-11-38(37-36-22)17-12-40-13-17/h1-3,7-8,10-11,17,26,34H,4-6,12-13H2,(H,33,35). The van der Waals surface area contributed by atoms with Gasteiger partial charge in [-0.1, -0.05) is 46.1 Å². The van der Waals surface area contributed by atoms with Gasteiger partial charge in [-0.05, 0) is 36.3 Å². The third kappa shape index (κ3) is 5.07. The van der Waals surface area contributed by atoms with E-state index in [0.29, 0.717) is 60.1 Å². The fourth-order valence-corrected chi connectivity index (χ4v) is 5.20. The Balaban J connectivity index is 1.42. The van der Waals surface area contributed by atoms with Gasteiger partial charge in [0.15, 0.2) is 5.82 Å². The van der Waals surface area contributed by atoms with Gasteiger partial charge in [0, 0.05) is 17.3 Å². The van der Waals surface area contributed by atoms with Crippen LogP contribution in [0.2, 0.25) is 15.1 Å². The summed E-state index contributed by atoms with van der Waals surface area (Å²) in [6.45, 7) is 2.28. The normalized spacial score (nSPS) is 16.2. The van der Waals surface area contributed by atoms with Crippen molar-refractivity contribution in [2.75, 3.05) is 37.1 Å². The highest BCUT2D eigenvalue weighted by Gasteiger charge is 2.27. The predicted octanol–water partition coefficient (Wildman–Crippen LogP) is 6.61. The number of fused-ring (bicyclic) bond motifs is 1. The van der Waals surface area contributed by atoms with Crippen molar-refractivity contribution in [2.45, 2.75) is 18.5 Å². The number of nitrogens with one attached hydrogen (secondary N) is 2. The van der Waals surface area contributed by atoms with Gasteiger partial charge in [0.25, 0.3) is 0 Å². The minimum atomic E-state index is -0.741. The minimum Gasteiger partial charge on any atom is -0.377 e. The molecule has 4 aromatic rings. The van der Waals surface area contributed by atoms with E-state index in [1.807, 2.05) is 23.0 Å². The van der Waals surface area contributed by atoms with Gasteiger partial charge in [0.05, 0.1) is 76.2 Å². The maximum absolute atomic E-state index is 14.9. The molecule has 0 bridgehead atoms. The maximum Gasteiger partial charge on any atom is 0.166 e. The molecule has 2 aromatic carbocycles. The van der Waals surface area contributed by atoms with Gasteiger partial charge < -0.3 is 20.1 Å². The van der Waals surface area contributed by atoms with Crippen molar-refractivity contribution < 1.29 is 13.9 Å². The molecule has 2 aliphatic rings. The summed E-state index contributed by atoms with van der Waals surface area (Å²) in [5.41, 5.74) is 3.48. The second-order valence-electron chi connectivity index (χ2n) is 9.36. The van der Waals surface area contributed by atoms with Crippen LogP contribution in [-0.4, -0.2) is 46.4 Å². The molecule has 1 atom stereocenters. The summed E-state index contributed by atoms with van der Waals surface area (Å²) in [6, 6.07) is 8.44. The first kappa shape index (κ1) is 26.7. The van der Waals surface area contributed by atoms with Crippen LogP contribution in [0.3, 0.4) is 0 Å². The van der Waals surface area contributed by atoms with E-state index in [1.54, 1.807) is 6.07 Å². The summed E-state index contributed by atoms with van der Waals surface area (Å²) in [4.78, 5) is 4.39. The number of pyridine rings is 1. The molecule has 2 aromatic heterocycles. The Kier molecular flexibility index (Phi) is 7.49. The zero-order chi connectivity index (χ0) is 27.8. The molecule has 0 aliphatic carbocycles. The van der Waals surface area contributed by atoms with Crippen LogP contribution in [-0.2, 0) is 9.47 Å². The van der Waals surface area contributed by atoms with Crippen molar-refractivity contribution in [3.05, 3.63) is 80.5 Å². The van der Waals surface area contributed by atoms with Crippen LogP contribution in [0.5, 0.6) is 0 Å². The third-order valence-electron chi connectivity index (χ3n) is 6.84. The van der Waals surface area contributed by atoms with Crippen LogP contribution < -0.4 is 10.6 Å². The van der Waals surface area contributed by atoms with Crippen LogP contribution in [0.15, 0.2) is 48.3 Å². The van der Waals surface area contributed by atoms with Gasteiger partial charge in [-0.15, -0.1) is 5.10 Å². The lowest BCUT2D eigenvalue weighted by atomic mass is 9.99. The molecule has 0 saturated carbocycles. The first-order chi connectivity index (χ1) is 19.4. The summed E-state index contributed by atoms with van der Waals surface area (Å²) >= 11 is 18.7. The number of nitriles is 1. The number of halogens is 4. The molecule has 0 spiro atoms. The summed E-state index contributed by atoms with van der Waals surface area (Å²) in [7, 11) is 0. The molecule has 9 nitrogen and oxygen atoms in total. The van der Waals surface area contributed by atoms with Crippen molar-refractivity contribution in [3.63, 3.8) is 0 Å². The Labute approximate surface area is 243 Å². The van der Waals surface area contributed by atoms with Gasteiger partial charge in [-0.2, -0.15) is 5.26 Å². The average Bonchev–Trinajstić information content (AvgIpc) is 3.40. The molecule has 40 heavy (non-hydrogen) atoms. The van der Waals surface area contributed by atoms with E-state index in [1.165, 1.54) is 18.3 Å². The second kappa shape index (κ2) is 11.2. The van der Waals surface area contributed by atoms with Crippen LogP contribution in [0.1, 0.15) is 29.8 Å². The lowest BCUT2D eigenvalue weighted by Gasteiger charge is -2.26. The highest BCUT2D eigenvalue weighted by molar-refractivity contribution is 6.42. The Morgan fingerprint density at radius 2 is 2.00 bits per heavy atom. The second-order valence-corrected chi connectivity index (χ2v) is 10.5. The molecule has 0 amide bonds. The topological polar surface area (TPSA) is 110 Å². The van der Waals surface area contributed by atoms with E-state index >= 15 is 0 Å². The molecule has 2 aliphatic heterocycles. The van der Waals surface area contributed by atoms with Gasteiger partial charge in [0.2, 0.25) is 0 Å². The smallest absolute Gasteiger partial charge is 0.166 e. The van der Waals surface area contributed by atoms with Crippen molar-refractivity contribution in [3.8, 4) is 6.07 Å². The van der Waals surface area contributed by atoms with Gasteiger partial charge in [-0.3, -0.25) is 4.98 Å². The Hall–Kier alpha value is -3.46. The largest absolute Gasteiger partial charge is 0.377 e. The summed E-state index contributed by atoms with van der Waals surface area (Å²) in [5, 5.41) is 25.8. The fraction of sp³-hybridized carbons (Fsp3) is 0.259. The maximum atomic E-state index is 14.9. The first-order valence-corrected chi connectivity index (χ1v) is 13.5. The predicted molar refractivity (Wildman–Crippen MR) is 151 cm³/mol. The van der Waals surface area contributed by atoms with E-state index < -0.39 is 5.82 Å². The lowest BCUT2D eigenvalue weighted by Crippen LogP contribution is -2.31. The fourth-order valence-electron chi connectivity index (χ4n) is 4.62. The van der Waals surface area contributed by atoms with Crippen molar-refractivity contribution in [2.24, 2.45) is 0 Å². The molecule has 1 fully saturated rings. The number of aromatic nitrogens is 4. The summed E-state index contributed by atoms with van der Waals surface area (Å²) in [6.07, 6.45) is 6.04. The van der Waals surface area contributed by atoms with E-state index in [4.69, 9.17) is 44.3 Å². The lowest BCUT2D eigenvalue weighted by molar-refractivity contribution is -0.0293. The van der Waals surface area contributed by atoms with Crippen LogP contribution in [0.4, 0.5) is 21.5 Å². The van der Waals surface area contributed by atoms with Crippen LogP contribution >= 0.6 is 34.8 Å². The number of rotatable bonds is 7. The van der Waals surface area contributed by atoms with E-state index in [-0.39, 0.29) is 33.4 Å². The Morgan fingerprint density at radius 1 is 1.15 bits per heavy atom. The van der Waals surface area contributed by atoms with Gasteiger partial charge in [-0.25, -0.2) is 9.07 Å². The zero-order valence-electron chi connectivity index (χ0n) is 20.8. The van der Waals surface area contributed by atoms with Gasteiger partial charge >= 0.3 is 0 Å². The van der Waals surface area contributed by atoms with E-state index in [9.17, 15) is 9.65 Å². The number of benzene rings is 2. The summed E-state index contributed by atoms with van der Waals surface area (Å²) in [5.74, 6) is -0.741. The van der Waals surface area contributed by atoms with E-state index in [0.717, 1.165) is 11.3 Å². The Bertz CT molecular complexity index is 1680. The molecular weight excluding hydrogens is 580 g/mol. The monoisotopic (exact) mass is 599 g/mol. The molecular formula is C27H21Cl3FN7O2. The van der Waals surface area contributed by atoms with Crippen molar-refractivity contribution >= 4 is 62.8 Å². The molecule has 6 rings (SSSR count). The molecule has 0 radical (unpaired) electrons. The number of hydrogen-bond acceptors (Lipinski definition) is 8. The van der Waals surface area contributed by atoms with E-state index in [2.05, 4.69) is 32.0 Å². The summed E-state index contributed by atoms with van der Waals surface area (Å²) < 4.78 is 27.6. The number of anilines is 3. The highest BCUT2D eigenvalue weighted by atomic mass is 35.5. The third-order valence-corrected chi connectivity index (χ3v) is 7.91. The molecule has 4 heterocycles. The Morgan fingerprint density at radius 3 is 2.73 bits per heavy atom. The SMILES string of the molecule is N#Cc1cnc2c(Cl)cc(NC(C3=CCOCC3)c3cn(C4COC4)nn3)cc2c1Nc1ccc(Cl)c(Cl)c1F. The molecule has 1 saturated heterocycles. The highest BCUT2D eigenvalue weighted by Crippen LogP contribution is 2.39. The number of hydrogen-bond donors (Lipinski definition) is 2. The minimum absolute atomic E-state index is 0.0507. The van der Waals surface area contributed by atoms with Crippen LogP contribution in [0, 0.1) is 17.1 Å². The number of nitrogens with zero attached hydrogens (tertiary/aromatic N) is 5. The molecule has 13 heteroatoms. The van der Waals surface area contributed by atoms with Gasteiger partial charge in [0.1, 0.15) is 17.8 Å². The quantitative estimate of drug-likeness (QED) is 0.180. The zero-order valence-corrected chi connectivity index (χ0v) is 23.1. The van der Waals surface area contributed by atoms with Crippen molar-refractivity contribution in [1.82, 2.24) is 20.0 Å². The first-order valence-electron chi connectivity index (χ1n) is 12.4. The van der Waals surface area contributed by atoms with Crippen LogP contribution in [0.25, 0.3) is 10.9 Å².